The molecule has 0 aliphatic rings. The van der Waals surface area contributed by atoms with Crippen molar-refractivity contribution in [3.63, 3.8) is 0 Å². The SMILES string of the molecule is CCCC/C=C\CCCCCCCC(=O)OCCCCCCCCCCCCCCCCCCCCCCCCCCCCCCC(=O)NC(CO)C(O)CCCCCCCCCCCCCCCCCCCC. The number of carbonyl (C=O) groups excluding carboxylic acids is 2. The van der Waals surface area contributed by atoms with Crippen LogP contribution in [0.3, 0.4) is 0 Å². The minimum Gasteiger partial charge on any atom is -0.466 e. The van der Waals surface area contributed by atoms with Gasteiger partial charge in [-0.25, -0.2) is 0 Å². The van der Waals surface area contributed by atoms with E-state index in [1.807, 2.05) is 0 Å². The average Bonchev–Trinajstić information content (AvgIpc) is 3.40. The number of amides is 1. The number of nitrogens with one attached hydrogen (secondary N) is 1. The summed E-state index contributed by atoms with van der Waals surface area (Å²) in [5.41, 5.74) is 0. The molecule has 0 saturated carbocycles. The van der Waals surface area contributed by atoms with Crippen LogP contribution in [-0.4, -0.2) is 47.4 Å². The first-order valence-electron chi connectivity index (χ1n) is 33.9. The van der Waals surface area contributed by atoms with Crippen molar-refractivity contribution in [3.05, 3.63) is 12.2 Å². The molecule has 0 aromatic heterocycles. The van der Waals surface area contributed by atoms with E-state index in [2.05, 4.69) is 31.3 Å². The number of hydrogen-bond donors (Lipinski definition) is 3. The van der Waals surface area contributed by atoms with Crippen molar-refractivity contribution in [3.8, 4) is 0 Å². The van der Waals surface area contributed by atoms with Crippen LogP contribution in [0.1, 0.15) is 386 Å². The Morgan fingerprint density at radius 3 is 1.00 bits per heavy atom. The van der Waals surface area contributed by atoms with Gasteiger partial charge in [-0.1, -0.05) is 341 Å². The highest BCUT2D eigenvalue weighted by Crippen LogP contribution is 2.19. The number of rotatable bonds is 64. The number of unbranched alkanes of at least 4 members (excludes halogenated alkanes) is 51. The molecule has 6 nitrogen and oxygen atoms in total. The van der Waals surface area contributed by atoms with Gasteiger partial charge in [-0.3, -0.25) is 9.59 Å². The van der Waals surface area contributed by atoms with E-state index in [0.717, 1.165) is 44.9 Å². The number of allylic oxidation sites excluding steroid dienone is 2. The monoisotopic (exact) mass is 1040 g/mol. The van der Waals surface area contributed by atoms with Gasteiger partial charge in [0.25, 0.3) is 0 Å². The molecule has 0 radical (unpaired) electrons. The van der Waals surface area contributed by atoms with Crippen LogP contribution < -0.4 is 5.32 Å². The van der Waals surface area contributed by atoms with Gasteiger partial charge in [-0.15, -0.1) is 0 Å². The van der Waals surface area contributed by atoms with E-state index >= 15 is 0 Å². The molecule has 0 heterocycles. The van der Waals surface area contributed by atoms with Crippen LogP contribution in [0, 0.1) is 0 Å². The molecule has 0 spiro atoms. The zero-order valence-corrected chi connectivity index (χ0v) is 50.4. The van der Waals surface area contributed by atoms with Crippen LogP contribution in [-0.2, 0) is 14.3 Å². The molecule has 0 bridgehead atoms. The first kappa shape index (κ1) is 72.6. The van der Waals surface area contributed by atoms with Crippen molar-refractivity contribution in [1.82, 2.24) is 5.32 Å². The van der Waals surface area contributed by atoms with E-state index in [9.17, 15) is 19.8 Å². The summed E-state index contributed by atoms with van der Waals surface area (Å²) in [6.45, 7) is 4.95. The molecule has 6 heteroatoms. The summed E-state index contributed by atoms with van der Waals surface area (Å²) < 4.78 is 5.47. The Balaban J connectivity index is 3.34. The minimum atomic E-state index is -0.662. The van der Waals surface area contributed by atoms with Crippen molar-refractivity contribution in [2.24, 2.45) is 0 Å². The van der Waals surface area contributed by atoms with Crippen LogP contribution in [0.25, 0.3) is 0 Å². The molecule has 0 aliphatic carbocycles. The standard InChI is InChI=1S/C68H133NO5/c1-3-5-7-9-11-13-15-16-17-18-31-34-37-41-44-48-52-56-60-66(71)65(64-70)69-67(72)61-57-53-49-45-42-38-35-32-29-27-25-23-21-19-20-22-24-26-28-30-33-36-39-43-47-51-55-59-63-74-68(73)62-58-54-50-46-40-14-12-10-8-6-4-2/h10,12,65-66,70-71H,3-9,11,13-64H2,1-2H3,(H,69,72)/b12-10-. The second-order valence-corrected chi connectivity index (χ2v) is 23.5. The predicted molar refractivity (Wildman–Crippen MR) is 324 cm³/mol. The number of aliphatic hydroxyl groups excluding tert-OH is 2. The maximum absolute atomic E-state index is 12.5. The van der Waals surface area contributed by atoms with Crippen molar-refractivity contribution < 1.29 is 24.5 Å². The fraction of sp³-hybridized carbons (Fsp3) is 0.941. The molecule has 0 aromatic rings. The number of hydrogen-bond acceptors (Lipinski definition) is 5. The van der Waals surface area contributed by atoms with E-state index in [0.29, 0.717) is 25.9 Å². The summed E-state index contributed by atoms with van der Waals surface area (Å²) >= 11 is 0. The number of ether oxygens (including phenoxy) is 1. The molecular formula is C68H133NO5. The molecule has 74 heavy (non-hydrogen) atoms. The predicted octanol–water partition coefficient (Wildman–Crippen LogP) is 21.6. The molecule has 0 saturated heterocycles. The van der Waals surface area contributed by atoms with Gasteiger partial charge in [0.1, 0.15) is 0 Å². The van der Waals surface area contributed by atoms with Crippen LogP contribution >= 0.6 is 0 Å². The van der Waals surface area contributed by atoms with Crippen LogP contribution in [0.2, 0.25) is 0 Å². The molecule has 440 valence electrons. The molecule has 2 unspecified atom stereocenters. The first-order chi connectivity index (χ1) is 36.5. The van der Waals surface area contributed by atoms with Crippen molar-refractivity contribution in [1.29, 1.82) is 0 Å². The third-order valence-electron chi connectivity index (χ3n) is 16.1. The van der Waals surface area contributed by atoms with Gasteiger partial charge in [-0.05, 0) is 44.9 Å². The zero-order valence-electron chi connectivity index (χ0n) is 50.4. The molecule has 0 aliphatic heterocycles. The Hall–Kier alpha value is -1.40. The topological polar surface area (TPSA) is 95.9 Å². The Kier molecular flexibility index (Phi) is 62.9. The minimum absolute atomic E-state index is 0.00842. The number of esters is 1. The van der Waals surface area contributed by atoms with Crippen molar-refractivity contribution in [2.45, 2.75) is 398 Å². The Labute approximate surface area is 463 Å². The van der Waals surface area contributed by atoms with Crippen LogP contribution in [0.15, 0.2) is 12.2 Å². The highest BCUT2D eigenvalue weighted by molar-refractivity contribution is 5.76. The summed E-state index contributed by atoms with van der Waals surface area (Å²) in [5.74, 6) is -0.0194. The summed E-state index contributed by atoms with van der Waals surface area (Å²) in [7, 11) is 0. The lowest BCUT2D eigenvalue weighted by atomic mass is 10.0. The van der Waals surface area contributed by atoms with E-state index in [1.54, 1.807) is 0 Å². The van der Waals surface area contributed by atoms with Gasteiger partial charge in [0, 0.05) is 12.8 Å². The van der Waals surface area contributed by atoms with Gasteiger partial charge in [0.15, 0.2) is 0 Å². The maximum atomic E-state index is 12.5. The normalized spacial score (nSPS) is 12.5. The molecule has 1 amide bonds. The third-order valence-corrected chi connectivity index (χ3v) is 16.1. The highest BCUT2D eigenvalue weighted by atomic mass is 16.5. The second kappa shape index (κ2) is 64.1. The van der Waals surface area contributed by atoms with Gasteiger partial charge in [0.05, 0.1) is 25.4 Å². The second-order valence-electron chi connectivity index (χ2n) is 23.5. The van der Waals surface area contributed by atoms with Gasteiger partial charge in [0.2, 0.25) is 5.91 Å². The highest BCUT2D eigenvalue weighted by Gasteiger charge is 2.20. The quantitative estimate of drug-likeness (QED) is 0.0320. The molecule has 0 fully saturated rings. The lowest BCUT2D eigenvalue weighted by molar-refractivity contribution is -0.143. The summed E-state index contributed by atoms with van der Waals surface area (Å²) in [5, 5.41) is 23.4. The molecule has 2 atom stereocenters. The number of carbonyl (C=O) groups is 2. The van der Waals surface area contributed by atoms with Crippen LogP contribution in [0.5, 0.6) is 0 Å². The maximum Gasteiger partial charge on any atom is 0.305 e. The lowest BCUT2D eigenvalue weighted by Crippen LogP contribution is -2.45. The third kappa shape index (κ3) is 59.8. The van der Waals surface area contributed by atoms with E-state index in [4.69, 9.17) is 4.74 Å². The molecule has 0 aromatic carbocycles. The zero-order chi connectivity index (χ0) is 53.6. The van der Waals surface area contributed by atoms with E-state index in [-0.39, 0.29) is 18.5 Å². The average molecular weight is 1040 g/mol. The Bertz CT molecular complexity index is 1110. The summed E-state index contributed by atoms with van der Waals surface area (Å²) in [6, 6.07) is -0.539. The molecule has 3 N–H and O–H groups in total. The van der Waals surface area contributed by atoms with Gasteiger partial charge >= 0.3 is 5.97 Å². The molecular weight excluding hydrogens is 911 g/mol. The first-order valence-corrected chi connectivity index (χ1v) is 33.9. The fourth-order valence-electron chi connectivity index (χ4n) is 10.9. The van der Waals surface area contributed by atoms with Crippen molar-refractivity contribution >= 4 is 11.9 Å². The van der Waals surface area contributed by atoms with E-state index in [1.165, 1.54) is 308 Å². The van der Waals surface area contributed by atoms with E-state index < -0.39 is 12.1 Å². The van der Waals surface area contributed by atoms with Crippen molar-refractivity contribution in [2.75, 3.05) is 13.2 Å². The molecule has 0 rings (SSSR count). The fourth-order valence-corrected chi connectivity index (χ4v) is 10.9. The summed E-state index contributed by atoms with van der Waals surface area (Å²) in [4.78, 5) is 24.5. The largest absolute Gasteiger partial charge is 0.466 e. The van der Waals surface area contributed by atoms with Gasteiger partial charge in [-0.2, -0.15) is 0 Å². The smallest absolute Gasteiger partial charge is 0.305 e. The number of aliphatic hydroxyl groups is 2. The summed E-state index contributed by atoms with van der Waals surface area (Å²) in [6.07, 6.45) is 78.2. The lowest BCUT2D eigenvalue weighted by Gasteiger charge is -2.22. The van der Waals surface area contributed by atoms with Crippen LogP contribution in [0.4, 0.5) is 0 Å². The van der Waals surface area contributed by atoms with Gasteiger partial charge < -0.3 is 20.3 Å². The Morgan fingerprint density at radius 1 is 0.365 bits per heavy atom. The Morgan fingerprint density at radius 2 is 0.649 bits per heavy atom.